The molecule has 0 radical (unpaired) electrons. The second-order valence-corrected chi connectivity index (χ2v) is 5.78. The van der Waals surface area contributed by atoms with Crippen LogP contribution in [0.2, 0.25) is 0 Å². The molecule has 1 rings (SSSR count). The summed E-state index contributed by atoms with van der Waals surface area (Å²) in [7, 11) is 0. The van der Waals surface area contributed by atoms with E-state index < -0.39 is 0 Å². The minimum Gasteiger partial charge on any atom is -0.313 e. The van der Waals surface area contributed by atoms with Crippen molar-refractivity contribution < 1.29 is 4.39 Å². The van der Waals surface area contributed by atoms with Gasteiger partial charge in [-0.1, -0.05) is 6.07 Å². The molecule has 0 saturated heterocycles. The van der Waals surface area contributed by atoms with Crippen molar-refractivity contribution in [2.24, 2.45) is 0 Å². The summed E-state index contributed by atoms with van der Waals surface area (Å²) in [6.45, 7) is 11.2. The van der Waals surface area contributed by atoms with Crippen molar-refractivity contribution in [2.75, 3.05) is 13.1 Å². The number of hydrogen-bond acceptors (Lipinski definition) is 2. The molecule has 1 aromatic rings. The minimum absolute atomic E-state index is 0.160. The number of aryl methyl sites for hydroxylation is 1. The molecule has 1 aromatic carbocycles. The zero-order chi connectivity index (χ0) is 13.6. The Labute approximate surface area is 110 Å². The molecule has 0 bridgehead atoms. The lowest BCUT2D eigenvalue weighted by Crippen LogP contribution is -2.37. The van der Waals surface area contributed by atoms with Gasteiger partial charge < -0.3 is 10.6 Å². The highest BCUT2D eigenvalue weighted by Gasteiger charge is 2.06. The average molecular weight is 252 g/mol. The first kappa shape index (κ1) is 15.1. The second-order valence-electron chi connectivity index (χ2n) is 5.78. The SMILES string of the molecule is Cc1ccc(F)cc1CNCCCNC(C)(C)C. The fraction of sp³-hybridized carbons (Fsp3) is 0.600. The normalized spacial score (nSPS) is 11.8. The Kier molecular flexibility index (Phi) is 5.76. The van der Waals surface area contributed by atoms with E-state index in [2.05, 4.69) is 31.4 Å². The van der Waals surface area contributed by atoms with Crippen LogP contribution in [0.1, 0.15) is 38.3 Å². The highest BCUT2D eigenvalue weighted by atomic mass is 19.1. The van der Waals surface area contributed by atoms with Gasteiger partial charge in [0.2, 0.25) is 0 Å². The van der Waals surface area contributed by atoms with Gasteiger partial charge in [-0.2, -0.15) is 0 Å². The zero-order valence-corrected chi connectivity index (χ0v) is 11.9. The summed E-state index contributed by atoms with van der Waals surface area (Å²) in [4.78, 5) is 0. The fourth-order valence-corrected chi connectivity index (χ4v) is 1.73. The summed E-state index contributed by atoms with van der Waals surface area (Å²) in [5.41, 5.74) is 2.36. The maximum atomic E-state index is 13.1. The van der Waals surface area contributed by atoms with E-state index in [0.29, 0.717) is 0 Å². The molecule has 0 unspecified atom stereocenters. The Bertz CT molecular complexity index is 369. The fourth-order valence-electron chi connectivity index (χ4n) is 1.73. The van der Waals surface area contributed by atoms with Crippen LogP contribution >= 0.6 is 0 Å². The molecule has 0 aliphatic heterocycles. The molecule has 0 fully saturated rings. The van der Waals surface area contributed by atoms with E-state index in [9.17, 15) is 4.39 Å². The van der Waals surface area contributed by atoms with E-state index in [-0.39, 0.29) is 11.4 Å². The van der Waals surface area contributed by atoms with Crippen molar-refractivity contribution >= 4 is 0 Å². The molecule has 0 saturated carbocycles. The van der Waals surface area contributed by atoms with Crippen molar-refractivity contribution in [3.8, 4) is 0 Å². The average Bonchev–Trinajstić information content (AvgIpc) is 2.26. The number of hydrogen-bond donors (Lipinski definition) is 2. The van der Waals surface area contributed by atoms with E-state index in [1.165, 1.54) is 6.07 Å². The van der Waals surface area contributed by atoms with Crippen molar-refractivity contribution in [1.29, 1.82) is 0 Å². The summed E-state index contributed by atoms with van der Waals surface area (Å²) in [6.07, 6.45) is 1.08. The Morgan fingerprint density at radius 1 is 1.17 bits per heavy atom. The Morgan fingerprint density at radius 2 is 1.89 bits per heavy atom. The van der Waals surface area contributed by atoms with Crippen molar-refractivity contribution in [2.45, 2.75) is 46.2 Å². The maximum absolute atomic E-state index is 13.1. The van der Waals surface area contributed by atoms with Gasteiger partial charge in [-0.05, 0) is 70.5 Å². The van der Waals surface area contributed by atoms with Crippen LogP contribution in [0.15, 0.2) is 18.2 Å². The number of benzene rings is 1. The van der Waals surface area contributed by atoms with Crippen LogP contribution in [0, 0.1) is 12.7 Å². The van der Waals surface area contributed by atoms with E-state index in [0.717, 1.165) is 37.2 Å². The molecule has 0 aliphatic rings. The lowest BCUT2D eigenvalue weighted by atomic mass is 10.1. The van der Waals surface area contributed by atoms with Crippen molar-refractivity contribution in [3.63, 3.8) is 0 Å². The van der Waals surface area contributed by atoms with Gasteiger partial charge in [-0.3, -0.25) is 0 Å². The zero-order valence-electron chi connectivity index (χ0n) is 11.9. The highest BCUT2D eigenvalue weighted by Crippen LogP contribution is 2.09. The third-order valence-corrected chi connectivity index (χ3v) is 2.81. The molecule has 3 heteroatoms. The van der Waals surface area contributed by atoms with Gasteiger partial charge >= 0.3 is 0 Å². The first-order valence-corrected chi connectivity index (χ1v) is 6.59. The third-order valence-electron chi connectivity index (χ3n) is 2.81. The molecule has 0 atom stereocenters. The quantitative estimate of drug-likeness (QED) is 0.761. The van der Waals surface area contributed by atoms with Gasteiger partial charge in [0.05, 0.1) is 0 Å². The molecule has 0 amide bonds. The number of halogens is 1. The van der Waals surface area contributed by atoms with Crippen LogP contribution in [-0.2, 0) is 6.54 Å². The Balaban J connectivity index is 2.20. The maximum Gasteiger partial charge on any atom is 0.123 e. The molecular formula is C15H25FN2. The standard InChI is InChI=1S/C15H25FN2/c1-12-6-7-14(16)10-13(12)11-17-8-5-9-18-15(2,3)4/h6-7,10,17-18H,5,8-9,11H2,1-4H3. The molecule has 0 aromatic heterocycles. The van der Waals surface area contributed by atoms with Gasteiger partial charge in [0.1, 0.15) is 5.82 Å². The molecule has 2 nitrogen and oxygen atoms in total. The first-order valence-electron chi connectivity index (χ1n) is 6.59. The lowest BCUT2D eigenvalue weighted by molar-refractivity contribution is 0.418. The minimum atomic E-state index is -0.160. The molecule has 0 heterocycles. The number of rotatable bonds is 6. The number of nitrogens with one attached hydrogen (secondary N) is 2. The predicted molar refractivity (Wildman–Crippen MR) is 75.2 cm³/mol. The smallest absolute Gasteiger partial charge is 0.123 e. The molecule has 2 N–H and O–H groups in total. The van der Waals surface area contributed by atoms with E-state index in [1.807, 2.05) is 13.0 Å². The Morgan fingerprint density at radius 3 is 2.56 bits per heavy atom. The molecule has 0 aliphatic carbocycles. The molecule has 18 heavy (non-hydrogen) atoms. The van der Waals surface area contributed by atoms with Gasteiger partial charge in [-0.25, -0.2) is 4.39 Å². The largest absolute Gasteiger partial charge is 0.313 e. The van der Waals surface area contributed by atoms with E-state index >= 15 is 0 Å². The van der Waals surface area contributed by atoms with Crippen LogP contribution in [0.5, 0.6) is 0 Å². The van der Waals surface area contributed by atoms with Crippen LogP contribution < -0.4 is 10.6 Å². The van der Waals surface area contributed by atoms with Crippen LogP contribution in [0.3, 0.4) is 0 Å². The molecular weight excluding hydrogens is 227 g/mol. The van der Waals surface area contributed by atoms with Crippen LogP contribution in [-0.4, -0.2) is 18.6 Å². The summed E-state index contributed by atoms with van der Waals surface area (Å²) in [5.74, 6) is -0.160. The van der Waals surface area contributed by atoms with Gasteiger partial charge in [0.25, 0.3) is 0 Å². The predicted octanol–water partition coefficient (Wildman–Crippen LogP) is 3.00. The summed E-state index contributed by atoms with van der Waals surface area (Å²) in [6, 6.07) is 4.94. The van der Waals surface area contributed by atoms with Gasteiger partial charge in [-0.15, -0.1) is 0 Å². The van der Waals surface area contributed by atoms with E-state index in [1.54, 1.807) is 6.07 Å². The second kappa shape index (κ2) is 6.86. The summed E-state index contributed by atoms with van der Waals surface area (Å²) >= 11 is 0. The Hall–Kier alpha value is -0.930. The molecule has 102 valence electrons. The highest BCUT2D eigenvalue weighted by molar-refractivity contribution is 5.26. The van der Waals surface area contributed by atoms with Crippen molar-refractivity contribution in [1.82, 2.24) is 10.6 Å². The monoisotopic (exact) mass is 252 g/mol. The first-order chi connectivity index (χ1) is 8.38. The third kappa shape index (κ3) is 6.12. The van der Waals surface area contributed by atoms with Crippen molar-refractivity contribution in [3.05, 3.63) is 35.1 Å². The van der Waals surface area contributed by atoms with Gasteiger partial charge in [0, 0.05) is 12.1 Å². The van der Waals surface area contributed by atoms with Gasteiger partial charge in [0.15, 0.2) is 0 Å². The topological polar surface area (TPSA) is 24.1 Å². The van der Waals surface area contributed by atoms with Crippen LogP contribution in [0.25, 0.3) is 0 Å². The summed E-state index contributed by atoms with van der Waals surface area (Å²) in [5, 5.41) is 6.79. The van der Waals surface area contributed by atoms with Crippen LogP contribution in [0.4, 0.5) is 4.39 Å². The summed E-state index contributed by atoms with van der Waals surface area (Å²) < 4.78 is 13.1. The lowest BCUT2D eigenvalue weighted by Gasteiger charge is -2.20. The molecule has 0 spiro atoms. The van der Waals surface area contributed by atoms with E-state index in [4.69, 9.17) is 0 Å².